The average Bonchev–Trinajstić information content (AvgIpc) is 2.39. The van der Waals surface area contributed by atoms with Gasteiger partial charge in [0.1, 0.15) is 5.75 Å². The summed E-state index contributed by atoms with van der Waals surface area (Å²) in [5.74, 6) is 0.956. The number of rotatable bonds is 3. The van der Waals surface area contributed by atoms with E-state index in [0.29, 0.717) is 5.92 Å². The second-order valence-corrected chi connectivity index (χ2v) is 4.37. The van der Waals surface area contributed by atoms with Gasteiger partial charge in [-0.25, -0.2) is 0 Å². The Morgan fingerprint density at radius 3 is 2.94 bits per heavy atom. The lowest BCUT2D eigenvalue weighted by molar-refractivity contribution is -0.120. The van der Waals surface area contributed by atoms with Gasteiger partial charge in [-0.15, -0.1) is 0 Å². The van der Waals surface area contributed by atoms with E-state index in [4.69, 9.17) is 10.5 Å². The predicted molar refractivity (Wildman–Crippen MR) is 66.0 cm³/mol. The molecule has 0 spiro atoms. The Kier molecular flexibility index (Phi) is 3.64. The van der Waals surface area contributed by atoms with Crippen LogP contribution in [0.3, 0.4) is 0 Å². The van der Waals surface area contributed by atoms with Crippen LogP contribution in [0.5, 0.6) is 5.75 Å². The van der Waals surface area contributed by atoms with Crippen LogP contribution >= 0.6 is 0 Å². The standard InChI is InChI=1S/C13H18N2O2/c1-17-12-5-3-2-4-10(12)9-6-7-15-11(8-9)13(14)16/h2-5,9,11,15H,6-8H2,1H3,(H2,14,16). The molecule has 1 saturated heterocycles. The molecule has 2 atom stereocenters. The number of amides is 1. The molecule has 1 fully saturated rings. The van der Waals surface area contributed by atoms with Crippen LogP contribution in [-0.2, 0) is 4.79 Å². The molecule has 3 N–H and O–H groups in total. The first-order chi connectivity index (χ1) is 8.22. The number of methoxy groups -OCH3 is 1. The van der Waals surface area contributed by atoms with Gasteiger partial charge in [-0.05, 0) is 36.9 Å². The smallest absolute Gasteiger partial charge is 0.234 e. The molecule has 0 aromatic heterocycles. The van der Waals surface area contributed by atoms with E-state index in [-0.39, 0.29) is 11.9 Å². The lowest BCUT2D eigenvalue weighted by atomic mass is 9.85. The van der Waals surface area contributed by atoms with Gasteiger partial charge in [0.2, 0.25) is 5.91 Å². The Morgan fingerprint density at radius 1 is 1.47 bits per heavy atom. The molecular weight excluding hydrogens is 216 g/mol. The molecule has 17 heavy (non-hydrogen) atoms. The van der Waals surface area contributed by atoms with Crippen LogP contribution in [-0.4, -0.2) is 25.6 Å². The molecule has 1 heterocycles. The van der Waals surface area contributed by atoms with Crippen molar-refractivity contribution in [1.82, 2.24) is 5.32 Å². The van der Waals surface area contributed by atoms with Crippen molar-refractivity contribution in [2.24, 2.45) is 5.73 Å². The van der Waals surface area contributed by atoms with Gasteiger partial charge in [-0.2, -0.15) is 0 Å². The molecule has 0 radical (unpaired) electrons. The van der Waals surface area contributed by atoms with Gasteiger partial charge in [-0.1, -0.05) is 18.2 Å². The van der Waals surface area contributed by atoms with Crippen molar-refractivity contribution in [2.45, 2.75) is 24.8 Å². The monoisotopic (exact) mass is 234 g/mol. The highest BCUT2D eigenvalue weighted by Gasteiger charge is 2.27. The van der Waals surface area contributed by atoms with E-state index < -0.39 is 0 Å². The zero-order valence-electron chi connectivity index (χ0n) is 9.98. The number of benzene rings is 1. The van der Waals surface area contributed by atoms with Crippen LogP contribution in [0.4, 0.5) is 0 Å². The first-order valence-electron chi connectivity index (χ1n) is 5.88. The van der Waals surface area contributed by atoms with Crippen molar-refractivity contribution in [3.8, 4) is 5.75 Å². The van der Waals surface area contributed by atoms with Gasteiger partial charge in [0.25, 0.3) is 0 Å². The van der Waals surface area contributed by atoms with E-state index in [0.717, 1.165) is 25.1 Å². The summed E-state index contributed by atoms with van der Waals surface area (Å²) in [6.45, 7) is 0.816. The Balaban J connectivity index is 2.18. The van der Waals surface area contributed by atoms with Crippen molar-refractivity contribution in [3.63, 3.8) is 0 Å². The lowest BCUT2D eigenvalue weighted by Gasteiger charge is -2.29. The first-order valence-corrected chi connectivity index (χ1v) is 5.88. The summed E-state index contributed by atoms with van der Waals surface area (Å²) in [5, 5.41) is 3.14. The molecule has 0 saturated carbocycles. The number of ether oxygens (including phenoxy) is 1. The predicted octanol–water partition coefficient (Wildman–Crippen LogP) is 1.02. The summed E-state index contributed by atoms with van der Waals surface area (Å²) < 4.78 is 5.36. The normalized spacial score (nSPS) is 24.3. The molecule has 4 nitrogen and oxygen atoms in total. The topological polar surface area (TPSA) is 64.3 Å². The number of carbonyl (C=O) groups excluding carboxylic acids is 1. The zero-order chi connectivity index (χ0) is 12.3. The zero-order valence-corrected chi connectivity index (χ0v) is 9.98. The van der Waals surface area contributed by atoms with E-state index in [1.807, 2.05) is 18.2 Å². The van der Waals surface area contributed by atoms with Crippen LogP contribution < -0.4 is 15.8 Å². The highest BCUT2D eigenvalue weighted by atomic mass is 16.5. The average molecular weight is 234 g/mol. The third-order valence-corrected chi connectivity index (χ3v) is 3.33. The highest BCUT2D eigenvalue weighted by molar-refractivity contribution is 5.80. The Hall–Kier alpha value is -1.55. The summed E-state index contributed by atoms with van der Waals surface area (Å²) in [5.41, 5.74) is 6.51. The summed E-state index contributed by atoms with van der Waals surface area (Å²) in [6.07, 6.45) is 1.75. The minimum atomic E-state index is -0.274. The van der Waals surface area contributed by atoms with E-state index in [1.165, 1.54) is 5.56 Å². The van der Waals surface area contributed by atoms with Crippen LogP contribution in [0.25, 0.3) is 0 Å². The molecule has 1 aliphatic heterocycles. The number of primary amides is 1. The van der Waals surface area contributed by atoms with E-state index in [2.05, 4.69) is 11.4 Å². The largest absolute Gasteiger partial charge is 0.496 e. The Bertz CT molecular complexity index is 406. The fourth-order valence-electron chi connectivity index (χ4n) is 2.42. The van der Waals surface area contributed by atoms with Gasteiger partial charge in [0.05, 0.1) is 13.2 Å². The Morgan fingerprint density at radius 2 is 2.24 bits per heavy atom. The minimum Gasteiger partial charge on any atom is -0.496 e. The van der Waals surface area contributed by atoms with E-state index in [1.54, 1.807) is 7.11 Å². The van der Waals surface area contributed by atoms with Crippen molar-refractivity contribution < 1.29 is 9.53 Å². The fourth-order valence-corrected chi connectivity index (χ4v) is 2.42. The van der Waals surface area contributed by atoms with E-state index >= 15 is 0 Å². The summed E-state index contributed by atoms with van der Waals surface area (Å²) >= 11 is 0. The molecule has 92 valence electrons. The second kappa shape index (κ2) is 5.19. The third kappa shape index (κ3) is 2.58. The minimum absolute atomic E-state index is 0.223. The van der Waals surface area contributed by atoms with Crippen molar-refractivity contribution in [1.29, 1.82) is 0 Å². The number of para-hydroxylation sites is 1. The van der Waals surface area contributed by atoms with Gasteiger partial charge in [-0.3, -0.25) is 4.79 Å². The molecule has 0 bridgehead atoms. The highest BCUT2D eigenvalue weighted by Crippen LogP contribution is 2.33. The van der Waals surface area contributed by atoms with Gasteiger partial charge < -0.3 is 15.8 Å². The number of nitrogens with one attached hydrogen (secondary N) is 1. The maximum Gasteiger partial charge on any atom is 0.234 e. The van der Waals surface area contributed by atoms with Crippen LogP contribution in [0, 0.1) is 0 Å². The molecule has 1 aliphatic rings. The molecule has 2 unspecified atom stereocenters. The molecule has 2 rings (SSSR count). The molecule has 1 amide bonds. The maximum absolute atomic E-state index is 11.2. The van der Waals surface area contributed by atoms with Crippen molar-refractivity contribution in [2.75, 3.05) is 13.7 Å². The van der Waals surface area contributed by atoms with Gasteiger partial charge in [0.15, 0.2) is 0 Å². The van der Waals surface area contributed by atoms with Crippen LogP contribution in [0.2, 0.25) is 0 Å². The van der Waals surface area contributed by atoms with Crippen molar-refractivity contribution >= 4 is 5.91 Å². The summed E-state index contributed by atoms with van der Waals surface area (Å²) in [6, 6.07) is 7.75. The molecule has 0 aliphatic carbocycles. The van der Waals surface area contributed by atoms with E-state index in [9.17, 15) is 4.79 Å². The summed E-state index contributed by atoms with van der Waals surface area (Å²) in [7, 11) is 1.67. The fraction of sp³-hybridized carbons (Fsp3) is 0.462. The SMILES string of the molecule is COc1ccccc1C1CCNC(C(N)=O)C1. The van der Waals surface area contributed by atoms with Crippen LogP contribution in [0.15, 0.2) is 24.3 Å². The number of hydrogen-bond acceptors (Lipinski definition) is 3. The number of carbonyl (C=O) groups is 1. The summed E-state index contributed by atoms with van der Waals surface area (Å²) in [4.78, 5) is 11.2. The number of hydrogen-bond donors (Lipinski definition) is 2. The van der Waals surface area contributed by atoms with Crippen molar-refractivity contribution in [3.05, 3.63) is 29.8 Å². The first kappa shape index (κ1) is 11.9. The maximum atomic E-state index is 11.2. The lowest BCUT2D eigenvalue weighted by Crippen LogP contribution is -2.46. The Labute approximate surface area is 101 Å². The van der Waals surface area contributed by atoms with Crippen LogP contribution in [0.1, 0.15) is 24.3 Å². The molecule has 1 aromatic rings. The van der Waals surface area contributed by atoms with Gasteiger partial charge >= 0.3 is 0 Å². The number of piperidine rings is 1. The molecule has 4 heteroatoms. The molecular formula is C13H18N2O2. The van der Waals surface area contributed by atoms with Gasteiger partial charge in [0, 0.05) is 0 Å². The number of nitrogens with two attached hydrogens (primary N) is 1. The quantitative estimate of drug-likeness (QED) is 0.820. The molecule has 1 aromatic carbocycles. The second-order valence-electron chi connectivity index (χ2n) is 4.37. The third-order valence-electron chi connectivity index (χ3n) is 3.33.